The van der Waals surface area contributed by atoms with Gasteiger partial charge in [-0.2, -0.15) is 0 Å². The minimum atomic E-state index is -4.92. The second kappa shape index (κ2) is 6.78. The molecule has 0 aromatic heterocycles. The average molecular weight is 382 g/mol. The Morgan fingerprint density at radius 3 is 2.42 bits per heavy atom. The molecule has 0 heterocycles. The molecule has 24 heavy (non-hydrogen) atoms. The maximum absolute atomic E-state index is 12.3. The number of hydrogen-bond acceptors (Lipinski definition) is 4. The number of ether oxygens (including phenoxy) is 2. The van der Waals surface area contributed by atoms with Gasteiger partial charge in [0.15, 0.2) is 0 Å². The molecule has 2 aromatic carbocycles. The molecule has 0 fully saturated rings. The SMILES string of the molecule is COc1ccc(Cl)c(NS(=O)(=O)c2cccc(OC(F)(F)F)c2)c1. The Morgan fingerprint density at radius 1 is 1.08 bits per heavy atom. The molecule has 0 bridgehead atoms. The molecule has 1 N–H and O–H groups in total. The van der Waals surface area contributed by atoms with E-state index in [1.807, 2.05) is 0 Å². The maximum atomic E-state index is 12.3. The van der Waals surface area contributed by atoms with Crippen LogP contribution in [0.3, 0.4) is 0 Å². The molecule has 0 spiro atoms. The summed E-state index contributed by atoms with van der Waals surface area (Å²) < 4.78 is 72.2. The van der Waals surface area contributed by atoms with Crippen molar-refractivity contribution >= 4 is 27.3 Å². The van der Waals surface area contributed by atoms with Gasteiger partial charge in [-0.3, -0.25) is 4.72 Å². The molecule has 0 aliphatic heterocycles. The van der Waals surface area contributed by atoms with Gasteiger partial charge < -0.3 is 9.47 Å². The van der Waals surface area contributed by atoms with Crippen molar-refractivity contribution in [1.29, 1.82) is 0 Å². The zero-order valence-electron chi connectivity index (χ0n) is 12.1. The second-order valence-electron chi connectivity index (χ2n) is 4.47. The smallest absolute Gasteiger partial charge is 0.497 e. The molecule has 0 atom stereocenters. The number of sulfonamides is 1. The van der Waals surface area contributed by atoms with E-state index in [9.17, 15) is 21.6 Å². The predicted octanol–water partition coefficient (Wildman–Crippen LogP) is 4.05. The topological polar surface area (TPSA) is 64.6 Å². The summed E-state index contributed by atoms with van der Waals surface area (Å²) in [5, 5.41) is 0.0991. The minimum absolute atomic E-state index is 0.0261. The Labute approximate surface area is 141 Å². The van der Waals surface area contributed by atoms with Gasteiger partial charge in [0.05, 0.1) is 22.7 Å². The Balaban J connectivity index is 2.33. The molecule has 0 radical (unpaired) electrons. The minimum Gasteiger partial charge on any atom is -0.497 e. The molecule has 0 saturated carbocycles. The van der Waals surface area contributed by atoms with Crippen LogP contribution in [0.5, 0.6) is 11.5 Å². The van der Waals surface area contributed by atoms with Crippen molar-refractivity contribution < 1.29 is 31.1 Å². The number of alkyl halides is 3. The number of hydrogen-bond donors (Lipinski definition) is 1. The summed E-state index contributed by atoms with van der Waals surface area (Å²) in [6.07, 6.45) is -4.92. The quantitative estimate of drug-likeness (QED) is 0.848. The highest BCUT2D eigenvalue weighted by Gasteiger charge is 2.31. The Hall–Kier alpha value is -2.13. The van der Waals surface area contributed by atoms with Crippen LogP contribution in [-0.2, 0) is 10.0 Å². The lowest BCUT2D eigenvalue weighted by atomic mass is 10.3. The molecule has 0 aliphatic rings. The van der Waals surface area contributed by atoms with E-state index in [4.69, 9.17) is 16.3 Å². The van der Waals surface area contributed by atoms with Gasteiger partial charge >= 0.3 is 6.36 Å². The predicted molar refractivity (Wildman–Crippen MR) is 81.9 cm³/mol. The van der Waals surface area contributed by atoms with Crippen LogP contribution in [0.2, 0.25) is 5.02 Å². The van der Waals surface area contributed by atoms with E-state index < -0.39 is 27.0 Å². The summed E-state index contributed by atoms with van der Waals surface area (Å²) in [7, 11) is -2.79. The molecule has 0 amide bonds. The standard InChI is InChI=1S/C14H11ClF3NO4S/c1-22-9-5-6-12(15)13(8-9)19-24(20,21)11-4-2-3-10(7-11)23-14(16,17)18/h2-8,19H,1H3. The van der Waals surface area contributed by atoms with Crippen molar-refractivity contribution in [2.24, 2.45) is 0 Å². The molecular weight excluding hydrogens is 371 g/mol. The number of nitrogens with one attached hydrogen (secondary N) is 1. The van der Waals surface area contributed by atoms with E-state index in [-0.39, 0.29) is 10.7 Å². The Morgan fingerprint density at radius 2 is 1.79 bits per heavy atom. The lowest BCUT2D eigenvalue weighted by Gasteiger charge is -2.13. The van der Waals surface area contributed by atoms with E-state index in [0.29, 0.717) is 5.75 Å². The van der Waals surface area contributed by atoms with Crippen molar-refractivity contribution in [3.8, 4) is 11.5 Å². The summed E-state index contributed by atoms with van der Waals surface area (Å²) in [5.74, 6) is -0.298. The number of methoxy groups -OCH3 is 1. The molecule has 0 saturated heterocycles. The molecule has 5 nitrogen and oxygen atoms in total. The third-order valence-electron chi connectivity index (χ3n) is 2.77. The van der Waals surface area contributed by atoms with Crippen LogP contribution in [0.1, 0.15) is 0 Å². The zero-order valence-corrected chi connectivity index (χ0v) is 13.7. The maximum Gasteiger partial charge on any atom is 0.573 e. The highest BCUT2D eigenvalue weighted by atomic mass is 35.5. The normalized spacial score (nSPS) is 11.9. The first-order chi connectivity index (χ1) is 11.1. The van der Waals surface area contributed by atoms with Crippen molar-refractivity contribution in [1.82, 2.24) is 0 Å². The van der Waals surface area contributed by atoms with Gasteiger partial charge in [-0.1, -0.05) is 17.7 Å². The Bertz CT molecular complexity index is 840. The van der Waals surface area contributed by atoms with Gasteiger partial charge in [0.1, 0.15) is 11.5 Å². The number of halogens is 4. The van der Waals surface area contributed by atoms with Crippen LogP contribution in [-0.4, -0.2) is 21.9 Å². The second-order valence-corrected chi connectivity index (χ2v) is 6.56. The molecule has 2 aromatic rings. The van der Waals surface area contributed by atoms with Gasteiger partial charge in [0, 0.05) is 12.1 Å². The van der Waals surface area contributed by atoms with Crippen LogP contribution in [0.4, 0.5) is 18.9 Å². The molecule has 10 heteroatoms. The Kier molecular flexibility index (Phi) is 5.14. The summed E-state index contributed by atoms with van der Waals surface area (Å²) in [4.78, 5) is -0.414. The van der Waals surface area contributed by atoms with Crippen molar-refractivity contribution in [3.63, 3.8) is 0 Å². The van der Waals surface area contributed by atoms with Crippen LogP contribution in [0.15, 0.2) is 47.4 Å². The number of rotatable bonds is 5. The molecular formula is C14H11ClF3NO4S. The molecule has 0 aliphatic carbocycles. The molecule has 130 valence electrons. The highest BCUT2D eigenvalue weighted by Crippen LogP contribution is 2.30. The van der Waals surface area contributed by atoms with E-state index in [1.54, 1.807) is 0 Å². The van der Waals surface area contributed by atoms with Crippen LogP contribution in [0, 0.1) is 0 Å². The first-order valence-electron chi connectivity index (χ1n) is 6.33. The summed E-state index contributed by atoms with van der Waals surface area (Å²) in [6, 6.07) is 8.28. The molecule has 2 rings (SSSR count). The van der Waals surface area contributed by atoms with Gasteiger partial charge in [0.2, 0.25) is 0 Å². The van der Waals surface area contributed by atoms with Crippen LogP contribution >= 0.6 is 11.6 Å². The highest BCUT2D eigenvalue weighted by molar-refractivity contribution is 7.92. The summed E-state index contributed by atoms with van der Waals surface area (Å²) in [6.45, 7) is 0. The van der Waals surface area contributed by atoms with Crippen molar-refractivity contribution in [2.45, 2.75) is 11.3 Å². The van der Waals surface area contributed by atoms with Crippen molar-refractivity contribution in [2.75, 3.05) is 11.8 Å². The van der Waals surface area contributed by atoms with Gasteiger partial charge in [-0.05, 0) is 24.3 Å². The first-order valence-corrected chi connectivity index (χ1v) is 8.19. The van der Waals surface area contributed by atoms with E-state index in [2.05, 4.69) is 9.46 Å². The monoisotopic (exact) mass is 381 g/mol. The van der Waals surface area contributed by atoms with Crippen molar-refractivity contribution in [3.05, 3.63) is 47.5 Å². The van der Waals surface area contributed by atoms with Gasteiger partial charge in [-0.25, -0.2) is 8.42 Å². The first kappa shape index (κ1) is 18.2. The fourth-order valence-corrected chi connectivity index (χ4v) is 3.08. The average Bonchev–Trinajstić information content (AvgIpc) is 2.48. The van der Waals surface area contributed by atoms with E-state index in [1.165, 1.54) is 25.3 Å². The fourth-order valence-electron chi connectivity index (χ4n) is 1.75. The lowest BCUT2D eigenvalue weighted by molar-refractivity contribution is -0.274. The van der Waals surface area contributed by atoms with Gasteiger partial charge in [-0.15, -0.1) is 13.2 Å². The third kappa shape index (κ3) is 4.68. The number of anilines is 1. The fraction of sp³-hybridized carbons (Fsp3) is 0.143. The molecule has 0 unspecified atom stereocenters. The summed E-state index contributed by atoms with van der Waals surface area (Å²) in [5.41, 5.74) is 0.0261. The van der Waals surface area contributed by atoms with Gasteiger partial charge in [0.25, 0.3) is 10.0 Å². The van der Waals surface area contributed by atoms with E-state index in [0.717, 1.165) is 24.3 Å². The zero-order chi connectivity index (χ0) is 18.0. The largest absolute Gasteiger partial charge is 0.573 e. The lowest BCUT2D eigenvalue weighted by Crippen LogP contribution is -2.18. The third-order valence-corrected chi connectivity index (χ3v) is 4.46. The van der Waals surface area contributed by atoms with Crippen LogP contribution in [0.25, 0.3) is 0 Å². The van der Waals surface area contributed by atoms with E-state index >= 15 is 0 Å². The van der Waals surface area contributed by atoms with Crippen LogP contribution < -0.4 is 14.2 Å². The number of benzene rings is 2. The summed E-state index contributed by atoms with van der Waals surface area (Å²) >= 11 is 5.91.